The maximum atomic E-state index is 12.2. The van der Waals surface area contributed by atoms with E-state index in [0.717, 1.165) is 12.8 Å². The number of nitrogens with zero attached hydrogens (tertiary/aromatic N) is 1. The van der Waals surface area contributed by atoms with Gasteiger partial charge in [0.05, 0.1) is 18.6 Å². The summed E-state index contributed by atoms with van der Waals surface area (Å²) >= 11 is 0. The maximum Gasteiger partial charge on any atom is 0.306 e. The number of rotatable bonds is 7. The van der Waals surface area contributed by atoms with Gasteiger partial charge in [-0.05, 0) is 33.6 Å². The van der Waals surface area contributed by atoms with E-state index in [0.29, 0.717) is 12.1 Å². The van der Waals surface area contributed by atoms with Crippen LogP contribution >= 0.6 is 0 Å². The van der Waals surface area contributed by atoms with Crippen molar-refractivity contribution in [2.24, 2.45) is 0 Å². The second-order valence-electron chi connectivity index (χ2n) is 5.60. The monoisotopic (exact) mass is 286 g/mol. The van der Waals surface area contributed by atoms with Crippen LogP contribution in [0.15, 0.2) is 0 Å². The van der Waals surface area contributed by atoms with Crippen LogP contribution in [0.5, 0.6) is 0 Å². The number of carbonyl (C=O) groups excluding carboxylic acids is 1. The van der Waals surface area contributed by atoms with E-state index in [1.807, 2.05) is 6.92 Å². The van der Waals surface area contributed by atoms with E-state index in [2.05, 4.69) is 24.1 Å². The Morgan fingerprint density at radius 2 is 1.90 bits per heavy atom. The summed E-state index contributed by atoms with van der Waals surface area (Å²) in [6, 6.07) is 0.607. The van der Waals surface area contributed by atoms with Crippen LogP contribution in [0.2, 0.25) is 0 Å². The number of hydrogen-bond acceptors (Lipinski definition) is 4. The van der Waals surface area contributed by atoms with E-state index in [9.17, 15) is 9.59 Å². The molecule has 6 heteroatoms. The van der Waals surface area contributed by atoms with Gasteiger partial charge < -0.3 is 15.2 Å². The molecule has 2 N–H and O–H groups in total. The predicted octanol–water partition coefficient (Wildman–Crippen LogP) is 0.854. The lowest BCUT2D eigenvalue weighted by Gasteiger charge is -2.31. The molecule has 116 valence electrons. The smallest absolute Gasteiger partial charge is 0.306 e. The molecule has 0 spiro atoms. The first-order valence-corrected chi connectivity index (χ1v) is 7.16. The van der Waals surface area contributed by atoms with E-state index >= 15 is 0 Å². The number of nitrogens with one attached hydrogen (secondary N) is 1. The molecule has 1 amide bonds. The Bertz CT molecular complexity index is 338. The van der Waals surface area contributed by atoms with Crippen molar-refractivity contribution < 1.29 is 19.4 Å². The van der Waals surface area contributed by atoms with Gasteiger partial charge in [-0.1, -0.05) is 0 Å². The molecule has 0 aromatic rings. The largest absolute Gasteiger partial charge is 0.481 e. The highest BCUT2D eigenvalue weighted by molar-refractivity contribution is 5.81. The lowest BCUT2D eigenvalue weighted by atomic mass is 10.2. The van der Waals surface area contributed by atoms with Crippen molar-refractivity contribution >= 4 is 11.9 Å². The van der Waals surface area contributed by atoms with Crippen LogP contribution in [-0.2, 0) is 14.3 Å². The second kappa shape index (κ2) is 7.59. The second-order valence-corrected chi connectivity index (χ2v) is 5.60. The predicted molar refractivity (Wildman–Crippen MR) is 75.5 cm³/mol. The van der Waals surface area contributed by atoms with Crippen molar-refractivity contribution in [2.45, 2.75) is 64.3 Å². The van der Waals surface area contributed by atoms with Gasteiger partial charge in [0.25, 0.3) is 0 Å². The fraction of sp³-hybridized carbons (Fsp3) is 0.857. The SMILES string of the molecule is COC(CNC(=O)C(C)N1C(C)CCC1C)CC(=O)O. The Morgan fingerprint density at radius 3 is 2.35 bits per heavy atom. The summed E-state index contributed by atoms with van der Waals surface area (Å²) in [6.45, 7) is 6.39. The molecule has 1 heterocycles. The first kappa shape index (κ1) is 16.9. The van der Waals surface area contributed by atoms with Crippen LogP contribution in [0.1, 0.15) is 40.0 Å². The highest BCUT2D eigenvalue weighted by Crippen LogP contribution is 2.25. The minimum atomic E-state index is -0.930. The molecule has 1 rings (SSSR count). The fourth-order valence-electron chi connectivity index (χ4n) is 2.91. The van der Waals surface area contributed by atoms with E-state index < -0.39 is 12.1 Å². The molecular formula is C14H26N2O4. The summed E-state index contributed by atoms with van der Waals surface area (Å²) in [5.41, 5.74) is 0. The minimum absolute atomic E-state index is 0.0713. The Morgan fingerprint density at radius 1 is 1.35 bits per heavy atom. The number of ether oxygens (including phenoxy) is 1. The molecule has 0 bridgehead atoms. The third kappa shape index (κ3) is 4.45. The van der Waals surface area contributed by atoms with Crippen LogP contribution in [0, 0.1) is 0 Å². The van der Waals surface area contributed by atoms with Crippen LogP contribution in [0.3, 0.4) is 0 Å². The lowest BCUT2D eigenvalue weighted by Crippen LogP contribution is -2.50. The summed E-state index contributed by atoms with van der Waals surface area (Å²) < 4.78 is 5.05. The van der Waals surface area contributed by atoms with Gasteiger partial charge in [0.1, 0.15) is 0 Å². The van der Waals surface area contributed by atoms with Crippen LogP contribution in [-0.4, -0.2) is 59.8 Å². The number of carboxylic acids is 1. The summed E-state index contributed by atoms with van der Waals surface area (Å²) in [6.07, 6.45) is 1.62. The first-order valence-electron chi connectivity index (χ1n) is 7.16. The number of carbonyl (C=O) groups is 2. The van der Waals surface area contributed by atoms with Crippen molar-refractivity contribution in [3.63, 3.8) is 0 Å². The Hall–Kier alpha value is -1.14. The van der Waals surface area contributed by atoms with E-state index in [-0.39, 0.29) is 24.9 Å². The molecule has 0 aromatic heterocycles. The van der Waals surface area contributed by atoms with Crippen LogP contribution in [0.25, 0.3) is 0 Å². The zero-order chi connectivity index (χ0) is 15.3. The van der Waals surface area contributed by atoms with Gasteiger partial charge in [0.2, 0.25) is 5.91 Å². The Labute approximate surface area is 120 Å². The number of carboxylic acid groups (broad SMARTS) is 1. The molecular weight excluding hydrogens is 260 g/mol. The van der Waals surface area contributed by atoms with Crippen molar-refractivity contribution in [1.82, 2.24) is 10.2 Å². The third-order valence-corrected chi connectivity index (χ3v) is 4.09. The molecule has 1 fully saturated rings. The zero-order valence-corrected chi connectivity index (χ0v) is 12.8. The van der Waals surface area contributed by atoms with Gasteiger partial charge >= 0.3 is 5.97 Å². The molecule has 0 aliphatic carbocycles. The molecule has 4 unspecified atom stereocenters. The normalized spacial score (nSPS) is 26.2. The lowest BCUT2D eigenvalue weighted by molar-refractivity contribution is -0.140. The number of aliphatic carboxylic acids is 1. The fourth-order valence-corrected chi connectivity index (χ4v) is 2.91. The molecule has 0 radical (unpaired) electrons. The van der Waals surface area contributed by atoms with E-state index in [4.69, 9.17) is 9.84 Å². The van der Waals surface area contributed by atoms with Gasteiger partial charge in [0.15, 0.2) is 0 Å². The van der Waals surface area contributed by atoms with E-state index in [1.165, 1.54) is 7.11 Å². The number of likely N-dealkylation sites (tertiary alicyclic amines) is 1. The summed E-state index contributed by atoms with van der Waals surface area (Å²) in [7, 11) is 1.45. The molecule has 1 aliphatic rings. The maximum absolute atomic E-state index is 12.2. The highest BCUT2D eigenvalue weighted by atomic mass is 16.5. The third-order valence-electron chi connectivity index (χ3n) is 4.09. The molecule has 20 heavy (non-hydrogen) atoms. The van der Waals surface area contributed by atoms with Crippen LogP contribution < -0.4 is 5.32 Å². The molecule has 6 nitrogen and oxygen atoms in total. The van der Waals surface area contributed by atoms with Gasteiger partial charge in [-0.2, -0.15) is 0 Å². The minimum Gasteiger partial charge on any atom is -0.481 e. The Balaban J connectivity index is 2.47. The average Bonchev–Trinajstić information content (AvgIpc) is 2.72. The highest BCUT2D eigenvalue weighted by Gasteiger charge is 2.34. The van der Waals surface area contributed by atoms with Crippen molar-refractivity contribution in [1.29, 1.82) is 0 Å². The number of methoxy groups -OCH3 is 1. The number of hydrogen-bond donors (Lipinski definition) is 2. The van der Waals surface area contributed by atoms with Gasteiger partial charge in [-0.3, -0.25) is 14.5 Å². The average molecular weight is 286 g/mol. The summed E-state index contributed by atoms with van der Waals surface area (Å²) in [4.78, 5) is 25.0. The van der Waals surface area contributed by atoms with E-state index in [1.54, 1.807) is 0 Å². The zero-order valence-electron chi connectivity index (χ0n) is 12.8. The first-order chi connectivity index (χ1) is 9.36. The molecule has 4 atom stereocenters. The quantitative estimate of drug-likeness (QED) is 0.725. The van der Waals surface area contributed by atoms with Gasteiger partial charge in [-0.15, -0.1) is 0 Å². The summed E-state index contributed by atoms with van der Waals surface area (Å²) in [5.74, 6) is -1.00. The standard InChI is InChI=1S/C14H26N2O4/c1-9-5-6-10(2)16(9)11(3)14(19)15-8-12(20-4)7-13(17)18/h9-12H,5-8H2,1-4H3,(H,15,19)(H,17,18). The molecule has 1 aliphatic heterocycles. The van der Waals surface area contributed by atoms with Crippen molar-refractivity contribution in [3.8, 4) is 0 Å². The van der Waals surface area contributed by atoms with Crippen LogP contribution in [0.4, 0.5) is 0 Å². The molecule has 0 aromatic carbocycles. The molecule has 0 saturated carbocycles. The number of amides is 1. The summed E-state index contributed by atoms with van der Waals surface area (Å²) in [5, 5.41) is 11.5. The topological polar surface area (TPSA) is 78.9 Å². The molecule has 1 saturated heterocycles. The van der Waals surface area contributed by atoms with Gasteiger partial charge in [-0.25, -0.2) is 0 Å². The Kier molecular flexibility index (Phi) is 6.42. The van der Waals surface area contributed by atoms with Gasteiger partial charge in [0, 0.05) is 25.7 Å². The van der Waals surface area contributed by atoms with Crippen molar-refractivity contribution in [2.75, 3.05) is 13.7 Å². The van der Waals surface area contributed by atoms with Crippen molar-refractivity contribution in [3.05, 3.63) is 0 Å².